The first-order valence-electron chi connectivity index (χ1n) is 6.77. The molecule has 0 saturated heterocycles. The predicted octanol–water partition coefficient (Wildman–Crippen LogP) is 3.51. The van der Waals surface area contributed by atoms with Crippen LogP contribution in [-0.4, -0.2) is 24.0 Å². The fourth-order valence-electron chi connectivity index (χ4n) is 2.52. The first kappa shape index (κ1) is 12.9. The van der Waals surface area contributed by atoms with Gasteiger partial charge in [-0.05, 0) is 24.8 Å². The molecule has 0 amide bonds. The van der Waals surface area contributed by atoms with Gasteiger partial charge in [0.2, 0.25) is 0 Å². The summed E-state index contributed by atoms with van der Waals surface area (Å²) in [5.74, 6) is 0.764. The summed E-state index contributed by atoms with van der Waals surface area (Å²) in [6.07, 6.45) is 3.31. The molecule has 0 fully saturated rings. The predicted molar refractivity (Wildman–Crippen MR) is 75.7 cm³/mol. The van der Waals surface area contributed by atoms with Crippen LogP contribution in [0.25, 0.3) is 0 Å². The zero-order chi connectivity index (χ0) is 13.0. The van der Waals surface area contributed by atoms with Crippen molar-refractivity contribution >= 4 is 11.4 Å². The maximum absolute atomic E-state index is 9.04. The number of fused-ring (bicyclic) bond motifs is 1. The van der Waals surface area contributed by atoms with Gasteiger partial charge in [-0.15, -0.1) is 0 Å². The topological polar surface area (TPSA) is 35.8 Å². The number of anilines is 1. The third kappa shape index (κ3) is 2.84. The Kier molecular flexibility index (Phi) is 4.24. The average molecular weight is 246 g/mol. The molecule has 1 aromatic rings. The van der Waals surface area contributed by atoms with Crippen molar-refractivity contribution in [2.24, 2.45) is 11.1 Å². The van der Waals surface area contributed by atoms with E-state index in [9.17, 15) is 0 Å². The van der Waals surface area contributed by atoms with Crippen LogP contribution in [-0.2, 0) is 0 Å². The Morgan fingerprint density at radius 2 is 2.11 bits per heavy atom. The zero-order valence-electron chi connectivity index (χ0n) is 11.3. The van der Waals surface area contributed by atoms with E-state index < -0.39 is 0 Å². The van der Waals surface area contributed by atoms with E-state index in [4.69, 9.17) is 5.21 Å². The molecular weight excluding hydrogens is 224 g/mol. The fraction of sp³-hybridized carbons (Fsp3) is 0.533. The van der Waals surface area contributed by atoms with Crippen LogP contribution in [0.15, 0.2) is 29.4 Å². The molecule has 0 bridgehead atoms. The Morgan fingerprint density at radius 3 is 2.83 bits per heavy atom. The standard InChI is InChI=1S/C15H22N2O/c1-12(2)6-5-10-17-11-9-14(16-18)13-7-3-4-8-15(13)17/h3-4,7-8,12,18H,5-6,9-11H2,1-2H3/b16-14-. The minimum atomic E-state index is 0.764. The molecule has 0 aliphatic carbocycles. The Hall–Kier alpha value is -1.51. The van der Waals surface area contributed by atoms with Gasteiger partial charge in [0.05, 0.1) is 5.71 Å². The quantitative estimate of drug-likeness (QED) is 0.652. The molecule has 1 aliphatic heterocycles. The summed E-state index contributed by atoms with van der Waals surface area (Å²) in [7, 11) is 0. The maximum Gasteiger partial charge on any atom is 0.0906 e. The molecule has 0 saturated carbocycles. The second-order valence-corrected chi connectivity index (χ2v) is 5.34. The molecule has 1 heterocycles. The summed E-state index contributed by atoms with van der Waals surface area (Å²) in [6.45, 7) is 6.57. The Labute approximate surface area is 109 Å². The highest BCUT2D eigenvalue weighted by Gasteiger charge is 2.21. The molecule has 98 valence electrons. The molecule has 1 aliphatic rings. The van der Waals surface area contributed by atoms with Gasteiger partial charge in [-0.2, -0.15) is 0 Å². The van der Waals surface area contributed by atoms with Crippen molar-refractivity contribution in [2.75, 3.05) is 18.0 Å². The first-order valence-corrected chi connectivity index (χ1v) is 6.77. The Balaban J connectivity index is 2.10. The van der Waals surface area contributed by atoms with Crippen molar-refractivity contribution in [1.29, 1.82) is 0 Å². The zero-order valence-corrected chi connectivity index (χ0v) is 11.3. The maximum atomic E-state index is 9.04. The van der Waals surface area contributed by atoms with E-state index >= 15 is 0 Å². The van der Waals surface area contributed by atoms with Crippen LogP contribution in [0.3, 0.4) is 0 Å². The molecule has 0 spiro atoms. The smallest absolute Gasteiger partial charge is 0.0906 e. The third-order valence-corrected chi connectivity index (χ3v) is 3.50. The van der Waals surface area contributed by atoms with Gasteiger partial charge >= 0.3 is 0 Å². The normalized spacial score (nSPS) is 17.3. The number of hydrogen-bond acceptors (Lipinski definition) is 3. The van der Waals surface area contributed by atoms with Gasteiger partial charge in [0, 0.05) is 30.8 Å². The number of nitrogens with zero attached hydrogens (tertiary/aromatic N) is 2. The van der Waals surface area contributed by atoms with Gasteiger partial charge in [-0.1, -0.05) is 37.2 Å². The Bertz CT molecular complexity index is 426. The lowest BCUT2D eigenvalue weighted by Gasteiger charge is -2.31. The van der Waals surface area contributed by atoms with Crippen molar-refractivity contribution in [2.45, 2.75) is 33.1 Å². The second kappa shape index (κ2) is 5.89. The van der Waals surface area contributed by atoms with E-state index in [2.05, 4.69) is 36.0 Å². The van der Waals surface area contributed by atoms with E-state index in [1.807, 2.05) is 12.1 Å². The van der Waals surface area contributed by atoms with E-state index in [0.29, 0.717) is 0 Å². The lowest BCUT2D eigenvalue weighted by molar-refractivity contribution is 0.317. The minimum absolute atomic E-state index is 0.764. The van der Waals surface area contributed by atoms with Gasteiger partial charge in [-0.3, -0.25) is 0 Å². The molecule has 0 unspecified atom stereocenters. The molecule has 3 heteroatoms. The molecule has 1 aromatic carbocycles. The minimum Gasteiger partial charge on any atom is -0.411 e. The van der Waals surface area contributed by atoms with Crippen LogP contribution in [0.5, 0.6) is 0 Å². The van der Waals surface area contributed by atoms with Gasteiger partial charge < -0.3 is 10.1 Å². The number of oxime groups is 1. The van der Waals surface area contributed by atoms with Gasteiger partial charge in [0.25, 0.3) is 0 Å². The molecular formula is C15H22N2O. The van der Waals surface area contributed by atoms with Crippen LogP contribution in [0.1, 0.15) is 38.7 Å². The highest BCUT2D eigenvalue weighted by atomic mass is 16.4. The van der Waals surface area contributed by atoms with Gasteiger partial charge in [0.1, 0.15) is 0 Å². The lowest BCUT2D eigenvalue weighted by Crippen LogP contribution is -2.33. The summed E-state index contributed by atoms with van der Waals surface area (Å²) in [4.78, 5) is 2.41. The molecule has 0 radical (unpaired) electrons. The molecule has 2 rings (SSSR count). The van der Waals surface area contributed by atoms with Crippen molar-refractivity contribution in [3.05, 3.63) is 29.8 Å². The number of benzene rings is 1. The summed E-state index contributed by atoms with van der Waals surface area (Å²) in [5, 5.41) is 12.5. The number of hydrogen-bond donors (Lipinski definition) is 1. The molecule has 3 nitrogen and oxygen atoms in total. The molecule has 18 heavy (non-hydrogen) atoms. The van der Waals surface area contributed by atoms with Gasteiger partial charge in [-0.25, -0.2) is 0 Å². The highest BCUT2D eigenvalue weighted by Crippen LogP contribution is 2.27. The summed E-state index contributed by atoms with van der Waals surface area (Å²) in [6, 6.07) is 8.21. The van der Waals surface area contributed by atoms with Crippen LogP contribution in [0, 0.1) is 5.92 Å². The number of rotatable bonds is 4. The lowest BCUT2D eigenvalue weighted by atomic mass is 9.99. The van der Waals surface area contributed by atoms with Crippen molar-refractivity contribution < 1.29 is 5.21 Å². The summed E-state index contributed by atoms with van der Waals surface area (Å²) in [5.41, 5.74) is 3.10. The van der Waals surface area contributed by atoms with Crippen molar-refractivity contribution in [1.82, 2.24) is 0 Å². The summed E-state index contributed by atoms with van der Waals surface area (Å²) < 4.78 is 0. The van der Waals surface area contributed by atoms with Crippen LogP contribution in [0.2, 0.25) is 0 Å². The van der Waals surface area contributed by atoms with E-state index in [1.165, 1.54) is 18.5 Å². The molecule has 0 aromatic heterocycles. The van der Waals surface area contributed by atoms with Crippen LogP contribution < -0.4 is 4.90 Å². The SMILES string of the molecule is CC(C)CCCN1CC/C(=N/O)c2ccccc21. The monoisotopic (exact) mass is 246 g/mol. The highest BCUT2D eigenvalue weighted by molar-refractivity contribution is 6.06. The second-order valence-electron chi connectivity index (χ2n) is 5.34. The molecule has 0 atom stereocenters. The summed E-state index contributed by atoms with van der Waals surface area (Å²) >= 11 is 0. The first-order chi connectivity index (χ1) is 8.72. The van der Waals surface area contributed by atoms with E-state index in [0.717, 1.165) is 36.7 Å². The Morgan fingerprint density at radius 1 is 1.33 bits per heavy atom. The van der Waals surface area contributed by atoms with E-state index in [1.54, 1.807) is 0 Å². The molecule has 1 N–H and O–H groups in total. The van der Waals surface area contributed by atoms with Crippen molar-refractivity contribution in [3.8, 4) is 0 Å². The fourth-order valence-corrected chi connectivity index (χ4v) is 2.52. The van der Waals surface area contributed by atoms with Crippen LogP contribution in [0.4, 0.5) is 5.69 Å². The van der Waals surface area contributed by atoms with Gasteiger partial charge in [0.15, 0.2) is 0 Å². The van der Waals surface area contributed by atoms with Crippen molar-refractivity contribution in [3.63, 3.8) is 0 Å². The van der Waals surface area contributed by atoms with E-state index in [-0.39, 0.29) is 0 Å². The average Bonchev–Trinajstić information content (AvgIpc) is 2.38. The van der Waals surface area contributed by atoms with Crippen LogP contribution >= 0.6 is 0 Å². The number of para-hydroxylation sites is 1. The third-order valence-electron chi connectivity index (χ3n) is 3.50. The largest absolute Gasteiger partial charge is 0.411 e.